The zero-order chi connectivity index (χ0) is 11.3. The Kier molecular flexibility index (Phi) is 3.45. The van der Waals surface area contributed by atoms with Crippen molar-refractivity contribution in [2.45, 2.75) is 0 Å². The summed E-state index contributed by atoms with van der Waals surface area (Å²) in [5.41, 5.74) is -0.211. The molecule has 0 unspecified atom stereocenters. The number of aromatic carboxylic acids is 1. The number of esters is 1. The highest BCUT2D eigenvalue weighted by Gasteiger charge is 2.15. The number of benzene rings is 1. The second-order valence-corrected chi connectivity index (χ2v) is 2.54. The number of aliphatic hydroxyl groups excluding tert-OH is 1. The van der Waals surface area contributed by atoms with Gasteiger partial charge in [-0.25, -0.2) is 9.59 Å². The maximum absolute atomic E-state index is 11.3. The van der Waals surface area contributed by atoms with Crippen LogP contribution in [0.4, 0.5) is 0 Å². The van der Waals surface area contributed by atoms with Crippen LogP contribution in [-0.2, 0) is 4.74 Å². The summed E-state index contributed by atoms with van der Waals surface area (Å²) in [6.07, 6.45) is 1.31. The number of rotatable bonds is 3. The van der Waals surface area contributed by atoms with E-state index in [0.29, 0.717) is 6.26 Å². The van der Waals surface area contributed by atoms with Gasteiger partial charge in [-0.05, 0) is 12.1 Å². The van der Waals surface area contributed by atoms with Gasteiger partial charge < -0.3 is 14.9 Å². The van der Waals surface area contributed by atoms with Crippen molar-refractivity contribution in [3.8, 4) is 0 Å². The third kappa shape index (κ3) is 2.57. The smallest absolute Gasteiger partial charge is 0.343 e. The number of hydrogen-bond donors (Lipinski definition) is 2. The molecule has 0 heterocycles. The number of carbonyl (C=O) groups excluding carboxylic acids is 1. The maximum atomic E-state index is 11.3. The molecule has 2 N–H and O–H groups in total. The summed E-state index contributed by atoms with van der Waals surface area (Å²) in [4.78, 5) is 22.0. The fourth-order valence-electron chi connectivity index (χ4n) is 1.00. The predicted octanol–water partition coefficient (Wildman–Crippen LogP) is 1.57. The third-order valence-electron chi connectivity index (χ3n) is 1.61. The molecular weight excluding hydrogens is 200 g/mol. The lowest BCUT2D eigenvalue weighted by molar-refractivity contribution is 0.0628. The lowest BCUT2D eigenvalue weighted by atomic mass is 10.1. The van der Waals surface area contributed by atoms with E-state index < -0.39 is 11.9 Å². The normalized spacial score (nSPS) is 10.1. The zero-order valence-electron chi connectivity index (χ0n) is 7.58. The van der Waals surface area contributed by atoms with E-state index in [-0.39, 0.29) is 11.1 Å². The Balaban J connectivity index is 3.02. The molecular formula is C10H8O5. The van der Waals surface area contributed by atoms with E-state index in [1.54, 1.807) is 0 Å². The summed E-state index contributed by atoms with van der Waals surface area (Å²) in [6.45, 7) is 0. The molecule has 5 nitrogen and oxygen atoms in total. The Morgan fingerprint density at radius 2 is 1.80 bits per heavy atom. The molecule has 0 saturated carbocycles. The van der Waals surface area contributed by atoms with Crippen LogP contribution in [0.15, 0.2) is 36.8 Å². The Labute approximate surface area is 85.2 Å². The second kappa shape index (κ2) is 4.80. The van der Waals surface area contributed by atoms with E-state index in [9.17, 15) is 9.59 Å². The first-order chi connectivity index (χ1) is 7.16. The van der Waals surface area contributed by atoms with Crippen LogP contribution in [0.2, 0.25) is 0 Å². The van der Waals surface area contributed by atoms with Crippen molar-refractivity contribution in [2.24, 2.45) is 0 Å². The lowest BCUT2D eigenvalue weighted by Crippen LogP contribution is -2.09. The molecule has 0 aliphatic heterocycles. The summed E-state index contributed by atoms with van der Waals surface area (Å²) in [5.74, 6) is -2.05. The number of ether oxygens (including phenoxy) is 1. The van der Waals surface area contributed by atoms with Crippen LogP contribution in [0.5, 0.6) is 0 Å². The fourth-order valence-corrected chi connectivity index (χ4v) is 1.00. The second-order valence-electron chi connectivity index (χ2n) is 2.54. The van der Waals surface area contributed by atoms with Crippen molar-refractivity contribution in [3.05, 3.63) is 47.9 Å². The minimum atomic E-state index is -1.21. The van der Waals surface area contributed by atoms with Crippen LogP contribution >= 0.6 is 0 Å². The number of carboxylic acids is 1. The highest BCUT2D eigenvalue weighted by molar-refractivity contribution is 6.02. The Hall–Kier alpha value is -2.30. The molecule has 0 radical (unpaired) electrons. The molecule has 15 heavy (non-hydrogen) atoms. The number of carboxylic acid groups (broad SMARTS) is 1. The average molecular weight is 208 g/mol. The van der Waals surface area contributed by atoms with Crippen molar-refractivity contribution in [1.29, 1.82) is 0 Å². The molecule has 1 aromatic carbocycles. The highest BCUT2D eigenvalue weighted by Crippen LogP contribution is 2.10. The summed E-state index contributed by atoms with van der Waals surface area (Å²) >= 11 is 0. The largest absolute Gasteiger partial charge is 0.512 e. The Bertz CT molecular complexity index is 408. The molecule has 0 aliphatic rings. The molecule has 5 heteroatoms. The van der Waals surface area contributed by atoms with Gasteiger partial charge in [0.15, 0.2) is 0 Å². The number of hydrogen-bond acceptors (Lipinski definition) is 4. The van der Waals surface area contributed by atoms with Crippen LogP contribution in [0.1, 0.15) is 20.7 Å². The van der Waals surface area contributed by atoms with E-state index >= 15 is 0 Å². The lowest BCUT2D eigenvalue weighted by Gasteiger charge is -2.02. The van der Waals surface area contributed by atoms with E-state index in [1.807, 2.05) is 0 Å². The van der Waals surface area contributed by atoms with E-state index in [1.165, 1.54) is 24.3 Å². The molecule has 0 aromatic heterocycles. The summed E-state index contributed by atoms with van der Waals surface area (Å²) < 4.78 is 4.44. The van der Waals surface area contributed by atoms with E-state index in [0.717, 1.165) is 6.26 Å². The maximum Gasteiger partial charge on any atom is 0.343 e. The van der Waals surface area contributed by atoms with Gasteiger partial charge in [0.2, 0.25) is 0 Å². The van der Waals surface area contributed by atoms with Crippen molar-refractivity contribution >= 4 is 11.9 Å². The van der Waals surface area contributed by atoms with Gasteiger partial charge in [0.05, 0.1) is 11.1 Å². The van der Waals surface area contributed by atoms with Crippen LogP contribution < -0.4 is 0 Å². The fraction of sp³-hybridized carbons (Fsp3) is 0. The van der Waals surface area contributed by atoms with Gasteiger partial charge in [-0.3, -0.25) is 0 Å². The molecule has 0 saturated heterocycles. The SMILES string of the molecule is O=C(O)c1ccccc1C(=O)OC=CO. The molecule has 1 aromatic rings. The number of aliphatic hydroxyl groups is 1. The van der Waals surface area contributed by atoms with Crippen molar-refractivity contribution in [3.63, 3.8) is 0 Å². The van der Waals surface area contributed by atoms with Gasteiger partial charge in [-0.2, -0.15) is 0 Å². The standard InChI is InChI=1S/C10H8O5/c11-5-6-15-10(14)8-4-2-1-3-7(8)9(12)13/h1-6,11H,(H,12,13). The molecule has 0 atom stereocenters. The highest BCUT2D eigenvalue weighted by atomic mass is 16.5. The molecule has 78 valence electrons. The first kappa shape index (κ1) is 10.8. The minimum Gasteiger partial charge on any atom is -0.512 e. The Morgan fingerprint density at radius 3 is 2.33 bits per heavy atom. The molecule has 0 fully saturated rings. The number of carbonyl (C=O) groups is 2. The van der Waals surface area contributed by atoms with Crippen molar-refractivity contribution in [2.75, 3.05) is 0 Å². The van der Waals surface area contributed by atoms with Gasteiger partial charge in [0.1, 0.15) is 12.5 Å². The van der Waals surface area contributed by atoms with Crippen LogP contribution in [0, 0.1) is 0 Å². The van der Waals surface area contributed by atoms with Crippen LogP contribution in [0.3, 0.4) is 0 Å². The van der Waals surface area contributed by atoms with Crippen molar-refractivity contribution in [1.82, 2.24) is 0 Å². The molecule has 0 aliphatic carbocycles. The van der Waals surface area contributed by atoms with Gasteiger partial charge in [-0.1, -0.05) is 12.1 Å². The topological polar surface area (TPSA) is 83.8 Å². The Morgan fingerprint density at radius 1 is 1.20 bits per heavy atom. The summed E-state index contributed by atoms with van der Waals surface area (Å²) in [7, 11) is 0. The van der Waals surface area contributed by atoms with Crippen LogP contribution in [0.25, 0.3) is 0 Å². The summed E-state index contributed by atoms with van der Waals surface area (Å²) in [5, 5.41) is 17.0. The van der Waals surface area contributed by atoms with Gasteiger partial charge in [0.25, 0.3) is 0 Å². The van der Waals surface area contributed by atoms with Gasteiger partial charge >= 0.3 is 11.9 Å². The van der Waals surface area contributed by atoms with Gasteiger partial charge in [-0.15, -0.1) is 0 Å². The third-order valence-corrected chi connectivity index (χ3v) is 1.61. The average Bonchev–Trinajstić information content (AvgIpc) is 2.25. The quantitative estimate of drug-likeness (QED) is 0.581. The van der Waals surface area contributed by atoms with Crippen LogP contribution in [-0.4, -0.2) is 22.2 Å². The molecule has 0 bridgehead atoms. The van der Waals surface area contributed by atoms with Gasteiger partial charge in [0, 0.05) is 0 Å². The summed E-state index contributed by atoms with van der Waals surface area (Å²) in [6, 6.07) is 5.65. The van der Waals surface area contributed by atoms with Crippen molar-refractivity contribution < 1.29 is 24.5 Å². The zero-order valence-corrected chi connectivity index (χ0v) is 7.58. The van der Waals surface area contributed by atoms with E-state index in [4.69, 9.17) is 10.2 Å². The first-order valence-electron chi connectivity index (χ1n) is 3.99. The minimum absolute atomic E-state index is 0.0666. The molecule has 1 rings (SSSR count). The first-order valence-corrected chi connectivity index (χ1v) is 3.99. The molecule has 0 amide bonds. The van der Waals surface area contributed by atoms with E-state index in [2.05, 4.69) is 4.74 Å². The molecule has 0 spiro atoms. The predicted molar refractivity (Wildman–Crippen MR) is 50.6 cm³/mol. The monoisotopic (exact) mass is 208 g/mol.